The number of nitrogens with zero attached hydrogens (tertiary/aromatic N) is 2. The van der Waals surface area contributed by atoms with Gasteiger partial charge in [0, 0.05) is 31.2 Å². The number of hydrogen-bond acceptors (Lipinski definition) is 3. The zero-order valence-electron chi connectivity index (χ0n) is 14.2. The summed E-state index contributed by atoms with van der Waals surface area (Å²) in [5.74, 6) is 0. The fourth-order valence-electron chi connectivity index (χ4n) is 3.22. The predicted octanol–water partition coefficient (Wildman–Crippen LogP) is 4.12. The van der Waals surface area contributed by atoms with Gasteiger partial charge >= 0.3 is 0 Å². The molecule has 0 saturated carbocycles. The Labute approximate surface area is 159 Å². The molecule has 134 valence electrons. The minimum absolute atomic E-state index is 0.273. The summed E-state index contributed by atoms with van der Waals surface area (Å²) >= 11 is 12.3. The second kappa shape index (κ2) is 7.16. The van der Waals surface area contributed by atoms with E-state index in [9.17, 15) is 8.42 Å². The molecule has 1 saturated heterocycles. The Balaban J connectivity index is 1.77. The third-order valence-electron chi connectivity index (χ3n) is 4.40. The van der Waals surface area contributed by atoms with Crippen LogP contribution in [0.1, 0.15) is 11.1 Å². The topological polar surface area (TPSA) is 40.6 Å². The van der Waals surface area contributed by atoms with Gasteiger partial charge in [-0.25, -0.2) is 8.42 Å². The molecule has 1 aliphatic rings. The standard InChI is InChI=1S/C18H20Cl2N2O2S/c1-13-11-14(2)18(17(20)12-13)21-7-9-22(10-8-21)25(23,24)16-5-3-15(19)4-6-16/h3-6,11-12H,7-10H2,1-2H3. The van der Waals surface area contributed by atoms with Crippen LogP contribution in [0.15, 0.2) is 41.3 Å². The Morgan fingerprint density at radius 3 is 2.08 bits per heavy atom. The van der Waals surface area contributed by atoms with Crippen molar-refractivity contribution in [3.8, 4) is 0 Å². The van der Waals surface area contributed by atoms with Gasteiger partial charge in [-0.05, 0) is 55.3 Å². The van der Waals surface area contributed by atoms with Gasteiger partial charge in [-0.1, -0.05) is 29.3 Å². The molecule has 0 radical (unpaired) electrons. The minimum Gasteiger partial charge on any atom is -0.367 e. The summed E-state index contributed by atoms with van der Waals surface area (Å²) in [6, 6.07) is 10.3. The summed E-state index contributed by atoms with van der Waals surface area (Å²) < 4.78 is 27.0. The molecule has 25 heavy (non-hydrogen) atoms. The zero-order chi connectivity index (χ0) is 18.2. The first-order valence-electron chi connectivity index (χ1n) is 8.06. The highest BCUT2D eigenvalue weighted by molar-refractivity contribution is 7.89. The van der Waals surface area contributed by atoms with E-state index < -0.39 is 10.0 Å². The highest BCUT2D eigenvalue weighted by atomic mass is 35.5. The molecule has 4 nitrogen and oxygen atoms in total. The molecule has 2 aromatic carbocycles. The molecule has 0 unspecified atom stereocenters. The van der Waals surface area contributed by atoms with Crippen LogP contribution in [-0.2, 0) is 10.0 Å². The first-order chi connectivity index (χ1) is 11.8. The molecule has 0 spiro atoms. The number of piperazine rings is 1. The van der Waals surface area contributed by atoms with E-state index in [0.717, 1.165) is 16.8 Å². The SMILES string of the molecule is Cc1cc(C)c(N2CCN(S(=O)(=O)c3ccc(Cl)cc3)CC2)c(Cl)c1. The van der Waals surface area contributed by atoms with Gasteiger partial charge in [0.15, 0.2) is 0 Å². The van der Waals surface area contributed by atoms with E-state index in [-0.39, 0.29) is 4.90 Å². The molecule has 1 fully saturated rings. The molecule has 0 amide bonds. The van der Waals surface area contributed by atoms with Gasteiger partial charge in [-0.2, -0.15) is 4.31 Å². The van der Waals surface area contributed by atoms with Gasteiger partial charge in [-0.3, -0.25) is 0 Å². The third kappa shape index (κ3) is 3.80. The molecular weight excluding hydrogens is 379 g/mol. The average Bonchev–Trinajstić information content (AvgIpc) is 2.55. The summed E-state index contributed by atoms with van der Waals surface area (Å²) in [6.07, 6.45) is 0. The summed E-state index contributed by atoms with van der Waals surface area (Å²) in [4.78, 5) is 2.43. The van der Waals surface area contributed by atoms with Crippen molar-refractivity contribution in [3.05, 3.63) is 57.6 Å². The lowest BCUT2D eigenvalue weighted by Gasteiger charge is -2.36. The van der Waals surface area contributed by atoms with Crippen LogP contribution >= 0.6 is 23.2 Å². The van der Waals surface area contributed by atoms with Crippen LogP contribution in [0.5, 0.6) is 0 Å². The largest absolute Gasteiger partial charge is 0.367 e. The van der Waals surface area contributed by atoms with Gasteiger partial charge in [0.05, 0.1) is 15.6 Å². The molecule has 0 bridgehead atoms. The lowest BCUT2D eigenvalue weighted by atomic mass is 10.1. The van der Waals surface area contributed by atoms with Crippen LogP contribution in [0.2, 0.25) is 10.0 Å². The quantitative estimate of drug-likeness (QED) is 0.780. The molecule has 7 heteroatoms. The maximum Gasteiger partial charge on any atom is 0.243 e. The summed E-state index contributed by atoms with van der Waals surface area (Å²) in [5.41, 5.74) is 3.23. The summed E-state index contributed by atoms with van der Waals surface area (Å²) in [6.45, 7) is 6.11. The van der Waals surface area contributed by atoms with Crippen LogP contribution in [0, 0.1) is 13.8 Å². The van der Waals surface area contributed by atoms with Gasteiger partial charge in [0.2, 0.25) is 10.0 Å². The van der Waals surface area contributed by atoms with Crippen molar-refractivity contribution >= 4 is 38.9 Å². The van der Waals surface area contributed by atoms with Gasteiger partial charge < -0.3 is 4.90 Å². The Bertz CT molecular complexity index is 851. The monoisotopic (exact) mass is 398 g/mol. The number of halogens is 2. The predicted molar refractivity (Wildman–Crippen MR) is 103 cm³/mol. The van der Waals surface area contributed by atoms with E-state index in [1.165, 1.54) is 4.31 Å². The normalized spacial score (nSPS) is 16.2. The molecule has 1 aliphatic heterocycles. The number of rotatable bonds is 3. The van der Waals surface area contributed by atoms with Crippen molar-refractivity contribution in [2.45, 2.75) is 18.7 Å². The van der Waals surface area contributed by atoms with Crippen molar-refractivity contribution in [3.63, 3.8) is 0 Å². The Hall–Kier alpha value is -1.27. The average molecular weight is 399 g/mol. The molecular formula is C18H20Cl2N2O2S. The second-order valence-electron chi connectivity index (χ2n) is 6.26. The maximum atomic E-state index is 12.8. The molecule has 2 aromatic rings. The van der Waals surface area contributed by atoms with E-state index >= 15 is 0 Å². The first-order valence-corrected chi connectivity index (χ1v) is 10.3. The van der Waals surface area contributed by atoms with Crippen molar-refractivity contribution < 1.29 is 8.42 Å². The molecule has 1 heterocycles. The van der Waals surface area contributed by atoms with E-state index in [0.29, 0.717) is 36.2 Å². The van der Waals surface area contributed by atoms with Crippen LogP contribution in [-0.4, -0.2) is 38.9 Å². The van der Waals surface area contributed by atoms with E-state index in [1.807, 2.05) is 19.9 Å². The minimum atomic E-state index is -3.50. The highest BCUT2D eigenvalue weighted by Crippen LogP contribution is 2.32. The fraction of sp³-hybridized carbons (Fsp3) is 0.333. The van der Waals surface area contributed by atoms with E-state index in [2.05, 4.69) is 11.0 Å². The van der Waals surface area contributed by atoms with Crippen molar-refractivity contribution in [1.29, 1.82) is 0 Å². The van der Waals surface area contributed by atoms with Crippen molar-refractivity contribution in [1.82, 2.24) is 4.31 Å². The number of aryl methyl sites for hydroxylation is 2. The Morgan fingerprint density at radius 2 is 1.52 bits per heavy atom. The number of anilines is 1. The van der Waals surface area contributed by atoms with Crippen LogP contribution in [0.3, 0.4) is 0 Å². The van der Waals surface area contributed by atoms with E-state index in [1.54, 1.807) is 24.3 Å². The summed E-state index contributed by atoms with van der Waals surface area (Å²) in [5, 5.41) is 1.24. The van der Waals surface area contributed by atoms with Crippen LogP contribution < -0.4 is 4.90 Å². The molecule has 0 N–H and O–H groups in total. The maximum absolute atomic E-state index is 12.8. The molecule has 0 atom stereocenters. The van der Waals surface area contributed by atoms with Crippen LogP contribution in [0.4, 0.5) is 5.69 Å². The van der Waals surface area contributed by atoms with Gasteiger partial charge in [0.1, 0.15) is 0 Å². The lowest BCUT2D eigenvalue weighted by molar-refractivity contribution is 0.385. The molecule has 0 aromatic heterocycles. The van der Waals surface area contributed by atoms with Crippen molar-refractivity contribution in [2.75, 3.05) is 31.1 Å². The Morgan fingerprint density at radius 1 is 0.920 bits per heavy atom. The smallest absolute Gasteiger partial charge is 0.243 e. The lowest BCUT2D eigenvalue weighted by Crippen LogP contribution is -2.48. The van der Waals surface area contributed by atoms with Gasteiger partial charge in [-0.15, -0.1) is 0 Å². The highest BCUT2D eigenvalue weighted by Gasteiger charge is 2.29. The second-order valence-corrected chi connectivity index (χ2v) is 9.04. The van der Waals surface area contributed by atoms with Gasteiger partial charge in [0.25, 0.3) is 0 Å². The third-order valence-corrected chi connectivity index (χ3v) is 6.86. The fourth-order valence-corrected chi connectivity index (χ4v) is 5.21. The molecule has 3 rings (SSSR count). The molecule has 0 aliphatic carbocycles. The van der Waals surface area contributed by atoms with E-state index in [4.69, 9.17) is 23.2 Å². The van der Waals surface area contributed by atoms with Crippen LogP contribution in [0.25, 0.3) is 0 Å². The Kier molecular flexibility index (Phi) is 5.30. The number of sulfonamides is 1. The van der Waals surface area contributed by atoms with Crippen molar-refractivity contribution in [2.24, 2.45) is 0 Å². The first kappa shape index (κ1) is 18.5. The number of benzene rings is 2. The number of hydrogen-bond donors (Lipinski definition) is 0. The summed E-state index contributed by atoms with van der Waals surface area (Å²) in [7, 11) is -3.50. The zero-order valence-corrected chi connectivity index (χ0v) is 16.5.